The molecule has 0 unspecified atom stereocenters. The fourth-order valence-electron chi connectivity index (χ4n) is 4.14. The number of rotatable bonds is 13. The number of nitrogens with zero attached hydrogens (tertiary/aromatic N) is 5. The lowest BCUT2D eigenvalue weighted by Crippen LogP contribution is -2.31. The summed E-state index contributed by atoms with van der Waals surface area (Å²) in [5.41, 5.74) is 6.47. The van der Waals surface area contributed by atoms with Crippen LogP contribution in [0.2, 0.25) is 0 Å². The van der Waals surface area contributed by atoms with Crippen molar-refractivity contribution >= 4 is 39.9 Å². The van der Waals surface area contributed by atoms with Gasteiger partial charge in [0.2, 0.25) is 0 Å². The first-order chi connectivity index (χ1) is 17.7. The first-order valence-electron chi connectivity index (χ1n) is 12.9. The van der Waals surface area contributed by atoms with Crippen LogP contribution in [0.3, 0.4) is 0 Å². The van der Waals surface area contributed by atoms with Crippen molar-refractivity contribution in [3.63, 3.8) is 0 Å². The number of carbonyl (C=O) groups excluding carboxylic acids is 1. The third kappa shape index (κ3) is 9.90. The standard InChI is InChI=1S/C30H38BrN5O/c1-23-17-24(2)28(19-29(37)30(3,4)31)25(18-23)22-36(15-13-32-20-26-9-5-7-11-34-26)16-14-33-21-27-10-6-8-12-35-27/h5-7,9-11,17-18,20-21H,8,12-16,19,22H2,1-4H3. The molecule has 7 heteroatoms. The number of alkyl halides is 1. The lowest BCUT2D eigenvalue weighted by atomic mass is 9.91. The van der Waals surface area contributed by atoms with Gasteiger partial charge in [0.15, 0.2) is 5.78 Å². The van der Waals surface area contributed by atoms with E-state index in [-0.39, 0.29) is 5.78 Å². The van der Waals surface area contributed by atoms with Gasteiger partial charge in [-0.2, -0.15) is 0 Å². The van der Waals surface area contributed by atoms with Crippen LogP contribution in [0.1, 0.15) is 48.2 Å². The molecule has 0 atom stereocenters. The van der Waals surface area contributed by atoms with E-state index in [1.54, 1.807) is 6.20 Å². The zero-order valence-corrected chi connectivity index (χ0v) is 24.0. The van der Waals surface area contributed by atoms with E-state index in [0.29, 0.717) is 19.5 Å². The van der Waals surface area contributed by atoms with E-state index in [2.05, 4.69) is 72.8 Å². The number of halogens is 1. The minimum Gasteiger partial charge on any atom is -0.298 e. The molecule has 3 rings (SSSR count). The Morgan fingerprint density at radius 1 is 1.14 bits per heavy atom. The highest BCUT2D eigenvalue weighted by Crippen LogP contribution is 2.25. The minimum absolute atomic E-state index is 0.179. The number of aromatic nitrogens is 1. The molecule has 196 valence electrons. The summed E-state index contributed by atoms with van der Waals surface area (Å²) in [7, 11) is 0. The molecule has 0 aliphatic carbocycles. The Bertz CT molecular complexity index is 1160. The van der Waals surface area contributed by atoms with Crippen LogP contribution in [0.15, 0.2) is 63.7 Å². The molecule has 1 aromatic carbocycles. The average Bonchev–Trinajstić information content (AvgIpc) is 2.86. The number of aliphatic imine (C=N–C) groups is 3. The Morgan fingerprint density at radius 3 is 2.54 bits per heavy atom. The van der Waals surface area contributed by atoms with E-state index in [4.69, 9.17) is 0 Å². The number of carbonyl (C=O) groups is 1. The van der Waals surface area contributed by atoms with Gasteiger partial charge in [-0.15, -0.1) is 0 Å². The van der Waals surface area contributed by atoms with Gasteiger partial charge in [-0.3, -0.25) is 29.7 Å². The van der Waals surface area contributed by atoms with Gasteiger partial charge in [-0.25, -0.2) is 0 Å². The Hall–Kier alpha value is -2.77. The Labute approximate surface area is 229 Å². The number of aryl methyl sites for hydroxylation is 2. The molecule has 1 aromatic heterocycles. The van der Waals surface area contributed by atoms with Crippen LogP contribution in [0.5, 0.6) is 0 Å². The van der Waals surface area contributed by atoms with Gasteiger partial charge >= 0.3 is 0 Å². The van der Waals surface area contributed by atoms with Crippen molar-refractivity contribution in [1.29, 1.82) is 0 Å². The van der Waals surface area contributed by atoms with Crippen molar-refractivity contribution < 1.29 is 4.79 Å². The highest BCUT2D eigenvalue weighted by Gasteiger charge is 2.25. The minimum atomic E-state index is -0.549. The molecule has 6 nitrogen and oxygen atoms in total. The average molecular weight is 565 g/mol. The van der Waals surface area contributed by atoms with Crippen LogP contribution in [0.25, 0.3) is 0 Å². The smallest absolute Gasteiger partial charge is 0.153 e. The molecule has 0 radical (unpaired) electrons. The summed E-state index contributed by atoms with van der Waals surface area (Å²) >= 11 is 3.54. The summed E-state index contributed by atoms with van der Waals surface area (Å²) in [5, 5.41) is 0. The summed E-state index contributed by atoms with van der Waals surface area (Å²) < 4.78 is -0.549. The Morgan fingerprint density at radius 2 is 1.89 bits per heavy atom. The van der Waals surface area contributed by atoms with Crippen molar-refractivity contribution in [1.82, 2.24) is 9.88 Å². The fraction of sp³-hybridized carbons (Fsp3) is 0.433. The topological polar surface area (TPSA) is 70.3 Å². The van der Waals surface area contributed by atoms with E-state index in [9.17, 15) is 4.79 Å². The van der Waals surface area contributed by atoms with E-state index in [1.807, 2.05) is 50.6 Å². The lowest BCUT2D eigenvalue weighted by molar-refractivity contribution is -0.119. The molecular weight excluding hydrogens is 526 g/mol. The maximum atomic E-state index is 12.9. The molecule has 37 heavy (non-hydrogen) atoms. The summed E-state index contributed by atoms with van der Waals surface area (Å²) in [4.78, 5) is 33.3. The number of pyridine rings is 1. The van der Waals surface area contributed by atoms with Crippen LogP contribution < -0.4 is 0 Å². The van der Waals surface area contributed by atoms with Crippen molar-refractivity contribution in [2.24, 2.45) is 15.0 Å². The van der Waals surface area contributed by atoms with Crippen LogP contribution in [-0.2, 0) is 17.8 Å². The predicted molar refractivity (Wildman–Crippen MR) is 159 cm³/mol. The van der Waals surface area contributed by atoms with E-state index in [1.165, 1.54) is 11.1 Å². The van der Waals surface area contributed by atoms with Crippen molar-refractivity contribution in [3.05, 3.63) is 76.6 Å². The van der Waals surface area contributed by atoms with Crippen LogP contribution in [-0.4, -0.2) is 70.9 Å². The van der Waals surface area contributed by atoms with Crippen LogP contribution in [0, 0.1) is 13.8 Å². The summed E-state index contributed by atoms with van der Waals surface area (Å²) in [5.74, 6) is 0.179. The number of benzene rings is 1. The highest BCUT2D eigenvalue weighted by molar-refractivity contribution is 9.10. The molecular formula is C30H38BrN5O. The van der Waals surface area contributed by atoms with Gasteiger partial charge < -0.3 is 0 Å². The Balaban J connectivity index is 1.74. The first kappa shape index (κ1) is 28.8. The highest BCUT2D eigenvalue weighted by atomic mass is 79.9. The van der Waals surface area contributed by atoms with Gasteiger partial charge in [0.05, 0.1) is 28.8 Å². The molecule has 0 saturated carbocycles. The largest absolute Gasteiger partial charge is 0.298 e. The lowest BCUT2D eigenvalue weighted by Gasteiger charge is -2.24. The Kier molecular flexibility index (Phi) is 11.1. The van der Waals surface area contributed by atoms with Gasteiger partial charge in [0.25, 0.3) is 0 Å². The third-order valence-corrected chi connectivity index (χ3v) is 6.65. The number of ketones is 1. The quantitative estimate of drug-likeness (QED) is 0.243. The number of allylic oxidation sites excluding steroid dienone is 1. The van der Waals surface area contributed by atoms with E-state index in [0.717, 1.165) is 55.1 Å². The van der Waals surface area contributed by atoms with E-state index >= 15 is 0 Å². The zero-order chi connectivity index (χ0) is 26.7. The molecule has 0 fully saturated rings. The molecule has 0 bridgehead atoms. The maximum Gasteiger partial charge on any atom is 0.153 e. The normalized spacial score (nSPS) is 14.2. The number of hydrogen-bond donors (Lipinski definition) is 0. The summed E-state index contributed by atoms with van der Waals surface area (Å²) in [6.45, 7) is 12.5. The molecule has 0 saturated heterocycles. The molecule has 0 N–H and O–H groups in total. The number of Topliss-reactive ketones (excluding diaryl/α,β-unsaturated/α-hetero) is 1. The first-order valence-corrected chi connectivity index (χ1v) is 13.7. The van der Waals surface area contributed by atoms with Crippen molar-refractivity contribution in [2.75, 3.05) is 32.7 Å². The number of hydrogen-bond acceptors (Lipinski definition) is 6. The fourth-order valence-corrected chi connectivity index (χ4v) is 4.28. The molecule has 1 aliphatic heterocycles. The molecule has 0 spiro atoms. The van der Waals surface area contributed by atoms with Crippen LogP contribution in [0.4, 0.5) is 0 Å². The van der Waals surface area contributed by atoms with Gasteiger partial charge in [-0.1, -0.05) is 45.8 Å². The van der Waals surface area contributed by atoms with Gasteiger partial charge in [-0.05, 0) is 69.0 Å². The second kappa shape index (κ2) is 14.2. The van der Waals surface area contributed by atoms with E-state index < -0.39 is 4.32 Å². The van der Waals surface area contributed by atoms with Crippen molar-refractivity contribution in [3.8, 4) is 0 Å². The number of dihydropyridines is 1. The zero-order valence-electron chi connectivity index (χ0n) is 22.5. The van der Waals surface area contributed by atoms with Gasteiger partial charge in [0, 0.05) is 51.2 Å². The second-order valence-electron chi connectivity index (χ2n) is 9.89. The van der Waals surface area contributed by atoms with Gasteiger partial charge in [0.1, 0.15) is 0 Å². The maximum absolute atomic E-state index is 12.9. The van der Waals surface area contributed by atoms with Crippen LogP contribution >= 0.6 is 15.9 Å². The third-order valence-electron chi connectivity index (χ3n) is 6.21. The molecule has 1 aliphatic rings. The summed E-state index contributed by atoms with van der Waals surface area (Å²) in [6.07, 6.45) is 11.0. The molecule has 0 amide bonds. The molecule has 2 aromatic rings. The monoisotopic (exact) mass is 563 g/mol. The SMILES string of the molecule is Cc1cc(C)c(CC(=O)C(C)(C)Br)c(CN(CCN=CC2=NCCC=C2)CCN=Cc2ccccn2)c1. The second-order valence-corrected chi connectivity index (χ2v) is 11.9. The van der Waals surface area contributed by atoms with Crippen molar-refractivity contribution in [2.45, 2.75) is 51.4 Å². The molecule has 2 heterocycles. The summed E-state index contributed by atoms with van der Waals surface area (Å²) in [6, 6.07) is 10.2. The predicted octanol–water partition coefficient (Wildman–Crippen LogP) is 5.38.